The smallest absolute Gasteiger partial charge is 0.151 e. The fraction of sp³-hybridized carbons (Fsp3) is 1.00. The third-order valence-corrected chi connectivity index (χ3v) is 1.49. The summed E-state index contributed by atoms with van der Waals surface area (Å²) in [6.07, 6.45) is 0.434. The van der Waals surface area contributed by atoms with E-state index in [2.05, 4.69) is 13.8 Å². The van der Waals surface area contributed by atoms with Gasteiger partial charge in [0, 0.05) is 6.42 Å². The Bertz CT molecular complexity index is 69.3. The maximum Gasteiger partial charge on any atom is 0.151 e. The number of hydrogen-bond donors (Lipinski definition) is 2. The second kappa shape index (κ2) is 4.69. The largest absolute Gasteiger partial charge is 0.368 e. The van der Waals surface area contributed by atoms with Crippen LogP contribution in [0.5, 0.6) is 0 Å². The van der Waals surface area contributed by atoms with E-state index in [0.29, 0.717) is 18.3 Å². The topological polar surface area (TPSA) is 40.5 Å². The average molecular weight is 146 g/mol. The second-order valence-corrected chi connectivity index (χ2v) is 3.45. The highest BCUT2D eigenvalue weighted by Crippen LogP contribution is 2.15. The van der Waals surface area contributed by atoms with Gasteiger partial charge in [-0.2, -0.15) is 0 Å². The van der Waals surface area contributed by atoms with Gasteiger partial charge in [-0.15, -0.1) is 0 Å². The minimum absolute atomic E-state index is 0.417. The van der Waals surface area contributed by atoms with E-state index in [0.717, 1.165) is 6.42 Å². The van der Waals surface area contributed by atoms with Gasteiger partial charge in [-0.05, 0) is 18.3 Å². The van der Waals surface area contributed by atoms with Crippen molar-refractivity contribution in [3.05, 3.63) is 0 Å². The van der Waals surface area contributed by atoms with Crippen LogP contribution in [0.25, 0.3) is 0 Å². The fourth-order valence-corrected chi connectivity index (χ4v) is 1.26. The van der Waals surface area contributed by atoms with Crippen molar-refractivity contribution in [1.82, 2.24) is 0 Å². The average Bonchev–Trinajstić information content (AvgIpc) is 1.58. The molecule has 0 aromatic carbocycles. The van der Waals surface area contributed by atoms with Crippen molar-refractivity contribution in [3.63, 3.8) is 0 Å². The molecule has 0 aliphatic carbocycles. The molecular formula is C8H18O2. The van der Waals surface area contributed by atoms with Gasteiger partial charge in [0.1, 0.15) is 0 Å². The Morgan fingerprint density at radius 2 is 1.50 bits per heavy atom. The Labute approximate surface area is 62.9 Å². The van der Waals surface area contributed by atoms with Gasteiger partial charge < -0.3 is 10.2 Å². The van der Waals surface area contributed by atoms with Crippen LogP contribution >= 0.6 is 0 Å². The van der Waals surface area contributed by atoms with E-state index in [9.17, 15) is 0 Å². The molecule has 0 amide bonds. The van der Waals surface area contributed by atoms with Crippen molar-refractivity contribution >= 4 is 0 Å². The summed E-state index contributed by atoms with van der Waals surface area (Å²) >= 11 is 0. The predicted octanol–water partition coefficient (Wildman–Crippen LogP) is 1.37. The fourth-order valence-electron chi connectivity index (χ4n) is 1.26. The molecule has 0 saturated heterocycles. The molecule has 0 spiro atoms. The van der Waals surface area contributed by atoms with E-state index in [1.54, 1.807) is 0 Å². The first-order valence-corrected chi connectivity index (χ1v) is 3.88. The van der Waals surface area contributed by atoms with Crippen LogP contribution in [0.4, 0.5) is 0 Å². The minimum atomic E-state index is -1.13. The first kappa shape index (κ1) is 9.92. The first-order valence-electron chi connectivity index (χ1n) is 3.88. The third kappa shape index (κ3) is 6.05. The Morgan fingerprint density at radius 1 is 1.00 bits per heavy atom. The van der Waals surface area contributed by atoms with Crippen LogP contribution in [0, 0.1) is 11.8 Å². The Kier molecular flexibility index (Phi) is 4.65. The van der Waals surface area contributed by atoms with Gasteiger partial charge in [0.25, 0.3) is 0 Å². The number of hydrogen-bond acceptors (Lipinski definition) is 2. The molecule has 1 atom stereocenters. The summed E-state index contributed by atoms with van der Waals surface area (Å²) in [6, 6.07) is 0. The van der Waals surface area contributed by atoms with E-state index in [-0.39, 0.29) is 0 Å². The molecule has 0 saturated carbocycles. The van der Waals surface area contributed by atoms with Crippen molar-refractivity contribution in [2.24, 2.45) is 11.8 Å². The molecule has 0 bridgehead atoms. The molecule has 0 radical (unpaired) electrons. The zero-order valence-corrected chi connectivity index (χ0v) is 7.04. The molecule has 0 fully saturated rings. The predicted molar refractivity (Wildman–Crippen MR) is 41.5 cm³/mol. The van der Waals surface area contributed by atoms with Crippen molar-refractivity contribution in [3.8, 4) is 0 Å². The highest BCUT2D eigenvalue weighted by atomic mass is 16.5. The van der Waals surface area contributed by atoms with Crippen LogP contribution in [-0.4, -0.2) is 16.5 Å². The number of aliphatic hydroxyl groups excluding tert-OH is 1. The lowest BCUT2D eigenvalue weighted by Crippen LogP contribution is -2.11. The lowest BCUT2D eigenvalue weighted by molar-refractivity contribution is -0.0558. The van der Waals surface area contributed by atoms with Gasteiger partial charge in [-0.25, -0.2) is 0 Å². The van der Waals surface area contributed by atoms with Gasteiger partial charge >= 0.3 is 0 Å². The third-order valence-electron chi connectivity index (χ3n) is 1.49. The van der Waals surface area contributed by atoms with Crippen molar-refractivity contribution < 1.29 is 10.2 Å². The number of rotatable bonds is 4. The number of aliphatic hydroxyl groups is 2. The Hall–Kier alpha value is -0.0800. The van der Waals surface area contributed by atoms with Crippen LogP contribution in [0.1, 0.15) is 33.6 Å². The summed E-state index contributed by atoms with van der Waals surface area (Å²) < 4.78 is 0. The standard InChI is InChI=1S/C8H18O2/c1-6(2)4-7(3)5-8(9)10/h6-10H,4-5H2,1-3H3. The second-order valence-electron chi connectivity index (χ2n) is 3.45. The molecule has 1 unspecified atom stereocenters. The van der Waals surface area contributed by atoms with Gasteiger partial charge in [0.15, 0.2) is 6.29 Å². The summed E-state index contributed by atoms with van der Waals surface area (Å²) in [5, 5.41) is 17.2. The molecule has 2 N–H and O–H groups in total. The maximum absolute atomic E-state index is 8.59. The molecule has 62 valence electrons. The molecule has 0 aliphatic heterocycles. The van der Waals surface area contributed by atoms with Crippen molar-refractivity contribution in [2.45, 2.75) is 39.9 Å². The summed E-state index contributed by atoms with van der Waals surface area (Å²) in [5.74, 6) is 1.06. The molecule has 0 aromatic rings. The molecule has 2 nitrogen and oxygen atoms in total. The van der Waals surface area contributed by atoms with Gasteiger partial charge in [0.2, 0.25) is 0 Å². The van der Waals surface area contributed by atoms with E-state index < -0.39 is 6.29 Å². The lowest BCUT2D eigenvalue weighted by Gasteiger charge is -2.14. The van der Waals surface area contributed by atoms with Gasteiger partial charge in [-0.3, -0.25) is 0 Å². The van der Waals surface area contributed by atoms with E-state index in [1.165, 1.54) is 0 Å². The molecule has 0 aromatic heterocycles. The Balaban J connectivity index is 3.34. The summed E-state index contributed by atoms with van der Waals surface area (Å²) in [5.41, 5.74) is 0. The Morgan fingerprint density at radius 3 is 1.80 bits per heavy atom. The first-order chi connectivity index (χ1) is 4.52. The summed E-state index contributed by atoms with van der Waals surface area (Å²) in [6.45, 7) is 6.32. The van der Waals surface area contributed by atoms with Crippen LogP contribution in [0.3, 0.4) is 0 Å². The molecule has 2 heteroatoms. The monoisotopic (exact) mass is 146 g/mol. The lowest BCUT2D eigenvalue weighted by atomic mass is 9.96. The summed E-state index contributed by atoms with van der Waals surface area (Å²) in [7, 11) is 0. The molecule has 0 aliphatic rings. The summed E-state index contributed by atoms with van der Waals surface area (Å²) in [4.78, 5) is 0. The van der Waals surface area contributed by atoms with E-state index >= 15 is 0 Å². The zero-order valence-electron chi connectivity index (χ0n) is 7.04. The minimum Gasteiger partial charge on any atom is -0.368 e. The van der Waals surface area contributed by atoms with E-state index in [1.807, 2.05) is 6.92 Å². The maximum atomic E-state index is 8.59. The SMILES string of the molecule is CC(C)CC(C)CC(O)O. The molecular weight excluding hydrogens is 128 g/mol. The highest BCUT2D eigenvalue weighted by molar-refractivity contribution is 4.56. The molecule has 10 heavy (non-hydrogen) atoms. The normalized spacial score (nSPS) is 14.7. The van der Waals surface area contributed by atoms with E-state index in [4.69, 9.17) is 10.2 Å². The van der Waals surface area contributed by atoms with Crippen LogP contribution in [0.2, 0.25) is 0 Å². The highest BCUT2D eigenvalue weighted by Gasteiger charge is 2.08. The van der Waals surface area contributed by atoms with Crippen molar-refractivity contribution in [2.75, 3.05) is 0 Å². The van der Waals surface area contributed by atoms with Crippen LogP contribution < -0.4 is 0 Å². The van der Waals surface area contributed by atoms with Crippen LogP contribution in [0.15, 0.2) is 0 Å². The van der Waals surface area contributed by atoms with Crippen molar-refractivity contribution in [1.29, 1.82) is 0 Å². The molecule has 0 rings (SSSR count). The zero-order chi connectivity index (χ0) is 8.15. The molecule has 0 heterocycles. The van der Waals surface area contributed by atoms with Gasteiger partial charge in [0.05, 0.1) is 0 Å². The quantitative estimate of drug-likeness (QED) is 0.588. The van der Waals surface area contributed by atoms with Crippen LogP contribution in [-0.2, 0) is 0 Å². The van der Waals surface area contributed by atoms with Gasteiger partial charge in [-0.1, -0.05) is 20.8 Å².